The van der Waals surface area contributed by atoms with Crippen LogP contribution in [0.2, 0.25) is 0 Å². The molecule has 1 aromatic rings. The van der Waals surface area contributed by atoms with Gasteiger partial charge in [-0.2, -0.15) is 0 Å². The van der Waals surface area contributed by atoms with Crippen LogP contribution in [0.4, 0.5) is 0 Å². The quantitative estimate of drug-likeness (QED) is 0.636. The minimum atomic E-state index is 0.132. The first-order chi connectivity index (χ1) is 5.42. The molecule has 11 heavy (non-hydrogen) atoms. The number of allylic oxidation sites excluding steroid dienone is 1. The van der Waals surface area contributed by atoms with Crippen molar-refractivity contribution >= 4 is 5.57 Å². The average Bonchev–Trinajstić information content (AvgIpc) is 2.47. The van der Waals surface area contributed by atoms with Crippen LogP contribution in [0.1, 0.15) is 11.1 Å². The van der Waals surface area contributed by atoms with E-state index in [9.17, 15) is 0 Å². The van der Waals surface area contributed by atoms with Crippen LogP contribution in [0.5, 0.6) is 0 Å². The van der Waals surface area contributed by atoms with Crippen molar-refractivity contribution in [3.63, 3.8) is 0 Å². The first-order valence-corrected chi connectivity index (χ1v) is 3.66. The van der Waals surface area contributed by atoms with E-state index in [1.54, 1.807) is 0 Å². The standard InChI is InChI=1S/C10H9O/c11-7-9-6-5-8-3-1-2-4-10(8)9/h1-6,11H,7H2. The first kappa shape index (κ1) is 6.62. The normalized spacial score (nSPS) is 14.5. The summed E-state index contributed by atoms with van der Waals surface area (Å²) >= 11 is 0. The molecule has 0 unspecified atom stereocenters. The molecule has 2 rings (SSSR count). The van der Waals surface area contributed by atoms with E-state index < -0.39 is 0 Å². The van der Waals surface area contributed by atoms with Gasteiger partial charge in [-0.3, -0.25) is 0 Å². The molecular weight excluding hydrogens is 136 g/mol. The zero-order valence-corrected chi connectivity index (χ0v) is 6.12. The Morgan fingerprint density at radius 1 is 1.18 bits per heavy atom. The summed E-state index contributed by atoms with van der Waals surface area (Å²) in [7, 11) is 0. The Bertz CT molecular complexity index is 299. The highest BCUT2D eigenvalue weighted by atomic mass is 16.3. The summed E-state index contributed by atoms with van der Waals surface area (Å²) in [5.74, 6) is 0. The Kier molecular flexibility index (Phi) is 1.51. The van der Waals surface area contributed by atoms with Crippen molar-refractivity contribution in [1.29, 1.82) is 0 Å². The second-order valence-corrected chi connectivity index (χ2v) is 2.60. The summed E-state index contributed by atoms with van der Waals surface area (Å²) in [4.78, 5) is 0. The van der Waals surface area contributed by atoms with Crippen LogP contribution in [-0.2, 0) is 0 Å². The summed E-state index contributed by atoms with van der Waals surface area (Å²) in [6.45, 7) is 0.132. The van der Waals surface area contributed by atoms with Crippen molar-refractivity contribution < 1.29 is 5.11 Å². The van der Waals surface area contributed by atoms with Gasteiger partial charge in [0.05, 0.1) is 6.61 Å². The molecule has 1 aliphatic rings. The Hall–Kier alpha value is -1.08. The van der Waals surface area contributed by atoms with Crippen molar-refractivity contribution in [2.24, 2.45) is 0 Å². The first-order valence-electron chi connectivity index (χ1n) is 3.66. The second-order valence-electron chi connectivity index (χ2n) is 2.60. The molecule has 0 spiro atoms. The van der Waals surface area contributed by atoms with Crippen molar-refractivity contribution in [1.82, 2.24) is 0 Å². The fourth-order valence-corrected chi connectivity index (χ4v) is 1.35. The lowest BCUT2D eigenvalue weighted by atomic mass is 10.1. The van der Waals surface area contributed by atoms with Crippen LogP contribution in [0.25, 0.3) is 5.57 Å². The lowest BCUT2D eigenvalue weighted by Gasteiger charge is -2.00. The van der Waals surface area contributed by atoms with E-state index in [0.29, 0.717) is 0 Å². The van der Waals surface area contributed by atoms with Gasteiger partial charge in [-0.1, -0.05) is 30.3 Å². The minimum absolute atomic E-state index is 0.132. The highest BCUT2D eigenvalue weighted by Gasteiger charge is 2.11. The maximum absolute atomic E-state index is 8.92. The Balaban J connectivity index is 2.48. The molecule has 0 heterocycles. The van der Waals surface area contributed by atoms with E-state index in [1.807, 2.05) is 30.7 Å². The monoisotopic (exact) mass is 145 g/mol. The zero-order chi connectivity index (χ0) is 7.68. The molecule has 1 radical (unpaired) electrons. The number of aliphatic hydroxyl groups is 1. The van der Waals surface area contributed by atoms with Crippen molar-refractivity contribution in [3.8, 4) is 0 Å². The third-order valence-electron chi connectivity index (χ3n) is 1.94. The van der Waals surface area contributed by atoms with Gasteiger partial charge in [-0.05, 0) is 16.7 Å². The van der Waals surface area contributed by atoms with Gasteiger partial charge >= 0.3 is 0 Å². The van der Waals surface area contributed by atoms with E-state index in [4.69, 9.17) is 5.11 Å². The SMILES string of the molecule is OCC1=C[CH]c2ccccc21. The number of fused-ring (bicyclic) bond motifs is 1. The molecule has 55 valence electrons. The van der Waals surface area contributed by atoms with Crippen molar-refractivity contribution in [2.45, 2.75) is 0 Å². The highest BCUT2D eigenvalue weighted by Crippen LogP contribution is 2.27. The summed E-state index contributed by atoms with van der Waals surface area (Å²) in [6.07, 6.45) is 3.99. The number of rotatable bonds is 1. The van der Waals surface area contributed by atoms with Crippen LogP contribution < -0.4 is 0 Å². The predicted octanol–water partition coefficient (Wildman–Crippen LogP) is 1.63. The topological polar surface area (TPSA) is 20.2 Å². The van der Waals surface area contributed by atoms with Crippen molar-refractivity contribution in [2.75, 3.05) is 6.61 Å². The summed E-state index contributed by atoms with van der Waals surface area (Å²) < 4.78 is 0. The molecule has 0 aliphatic heterocycles. The molecule has 0 bridgehead atoms. The maximum Gasteiger partial charge on any atom is 0.0684 e. The van der Waals surface area contributed by atoms with Gasteiger partial charge in [0.1, 0.15) is 0 Å². The predicted molar refractivity (Wildman–Crippen MR) is 44.9 cm³/mol. The van der Waals surface area contributed by atoms with E-state index in [-0.39, 0.29) is 6.61 Å². The molecule has 1 aromatic carbocycles. The third kappa shape index (κ3) is 0.976. The van der Waals surface area contributed by atoms with Crippen molar-refractivity contribution in [3.05, 3.63) is 47.9 Å². The Morgan fingerprint density at radius 3 is 2.82 bits per heavy atom. The van der Waals surface area contributed by atoms with Gasteiger partial charge in [0.2, 0.25) is 0 Å². The van der Waals surface area contributed by atoms with Crippen LogP contribution >= 0.6 is 0 Å². The summed E-state index contributed by atoms with van der Waals surface area (Å²) in [6, 6.07) is 8.07. The third-order valence-corrected chi connectivity index (χ3v) is 1.94. The number of aliphatic hydroxyl groups excluding tert-OH is 1. The molecule has 0 amide bonds. The van der Waals surface area contributed by atoms with E-state index in [0.717, 1.165) is 11.1 Å². The number of hydrogen-bond donors (Lipinski definition) is 1. The Labute approximate surface area is 66.0 Å². The van der Waals surface area contributed by atoms with E-state index in [1.165, 1.54) is 5.56 Å². The number of hydrogen-bond acceptors (Lipinski definition) is 1. The highest BCUT2D eigenvalue weighted by molar-refractivity contribution is 5.76. The number of benzene rings is 1. The van der Waals surface area contributed by atoms with Gasteiger partial charge in [0, 0.05) is 6.42 Å². The molecule has 0 atom stereocenters. The molecule has 0 saturated heterocycles. The van der Waals surface area contributed by atoms with Gasteiger partial charge in [-0.25, -0.2) is 0 Å². The van der Waals surface area contributed by atoms with Gasteiger partial charge in [0.25, 0.3) is 0 Å². The second kappa shape index (κ2) is 2.51. The summed E-state index contributed by atoms with van der Waals surface area (Å²) in [5, 5.41) is 8.92. The lowest BCUT2D eigenvalue weighted by Crippen LogP contribution is -1.87. The molecule has 1 aliphatic carbocycles. The lowest BCUT2D eigenvalue weighted by molar-refractivity contribution is 0.350. The van der Waals surface area contributed by atoms with Gasteiger partial charge in [0.15, 0.2) is 0 Å². The van der Waals surface area contributed by atoms with Gasteiger partial charge in [-0.15, -0.1) is 0 Å². The maximum atomic E-state index is 8.92. The largest absolute Gasteiger partial charge is 0.392 e. The fraction of sp³-hybridized carbons (Fsp3) is 0.100. The minimum Gasteiger partial charge on any atom is -0.392 e. The van der Waals surface area contributed by atoms with E-state index >= 15 is 0 Å². The summed E-state index contributed by atoms with van der Waals surface area (Å²) in [5.41, 5.74) is 3.38. The smallest absolute Gasteiger partial charge is 0.0684 e. The van der Waals surface area contributed by atoms with Crippen LogP contribution in [0, 0.1) is 6.42 Å². The molecule has 1 N–H and O–H groups in total. The van der Waals surface area contributed by atoms with Crippen LogP contribution in [0.15, 0.2) is 30.3 Å². The zero-order valence-electron chi connectivity index (χ0n) is 6.12. The molecule has 0 aromatic heterocycles. The fourth-order valence-electron chi connectivity index (χ4n) is 1.35. The Morgan fingerprint density at radius 2 is 2.00 bits per heavy atom. The van der Waals surface area contributed by atoms with Crippen LogP contribution in [-0.4, -0.2) is 11.7 Å². The molecule has 1 heteroatoms. The molecule has 0 saturated carbocycles. The molecule has 1 nitrogen and oxygen atoms in total. The van der Waals surface area contributed by atoms with Crippen LogP contribution in [0.3, 0.4) is 0 Å². The molecule has 0 fully saturated rings. The van der Waals surface area contributed by atoms with Gasteiger partial charge < -0.3 is 5.11 Å². The molecular formula is C10H9O. The van der Waals surface area contributed by atoms with E-state index in [2.05, 4.69) is 6.07 Å². The average molecular weight is 145 g/mol.